The summed E-state index contributed by atoms with van der Waals surface area (Å²) in [6, 6.07) is 16.3. The van der Waals surface area contributed by atoms with Crippen molar-refractivity contribution >= 4 is 28.9 Å². The maximum Gasteiger partial charge on any atom is 0.274 e. The van der Waals surface area contributed by atoms with E-state index in [0.717, 1.165) is 17.0 Å². The van der Waals surface area contributed by atoms with Gasteiger partial charge in [-0.1, -0.05) is 29.8 Å². The Hall–Kier alpha value is -3.25. The lowest BCUT2D eigenvalue weighted by Crippen LogP contribution is -2.13. The molecule has 2 aromatic carbocycles. The number of methoxy groups -OCH3 is 2. The highest BCUT2D eigenvalue weighted by molar-refractivity contribution is 6.32. The average Bonchev–Trinajstić information content (AvgIpc) is 2.73. The van der Waals surface area contributed by atoms with Crippen LogP contribution >= 0.6 is 11.6 Å². The molecular formula is C21H20ClN3O3. The highest BCUT2D eigenvalue weighted by Crippen LogP contribution is 2.27. The molecule has 144 valence electrons. The minimum Gasteiger partial charge on any atom is -0.496 e. The zero-order valence-corrected chi connectivity index (χ0v) is 16.3. The summed E-state index contributed by atoms with van der Waals surface area (Å²) in [6.07, 6.45) is 1.62. The Labute approximate surface area is 168 Å². The number of para-hydroxylation sites is 1. The number of rotatable bonds is 7. The van der Waals surface area contributed by atoms with Gasteiger partial charge >= 0.3 is 0 Å². The summed E-state index contributed by atoms with van der Waals surface area (Å²) in [5.41, 5.74) is 2.70. The minimum absolute atomic E-state index is 0.301. The molecule has 3 aromatic rings. The molecule has 0 radical (unpaired) electrons. The molecule has 1 amide bonds. The van der Waals surface area contributed by atoms with Crippen LogP contribution in [0.15, 0.2) is 60.8 Å². The molecule has 3 rings (SSSR count). The molecule has 0 atom stereocenters. The predicted octanol–water partition coefficient (Wildman–Crippen LogP) is 4.62. The van der Waals surface area contributed by atoms with Gasteiger partial charge in [0.2, 0.25) is 0 Å². The second kappa shape index (κ2) is 9.10. The van der Waals surface area contributed by atoms with Crippen LogP contribution in [-0.2, 0) is 6.54 Å². The van der Waals surface area contributed by atoms with Crippen molar-refractivity contribution in [2.24, 2.45) is 0 Å². The Kier molecular flexibility index (Phi) is 6.34. The fourth-order valence-corrected chi connectivity index (χ4v) is 2.88. The van der Waals surface area contributed by atoms with Crippen LogP contribution in [0.4, 0.5) is 11.4 Å². The SMILES string of the molecule is COc1ccc(NC(=O)c2ccc(NCc3ccccc3OC)cn2)cc1Cl. The van der Waals surface area contributed by atoms with Crippen LogP contribution in [0.5, 0.6) is 11.5 Å². The summed E-state index contributed by atoms with van der Waals surface area (Å²) < 4.78 is 10.4. The molecule has 0 bridgehead atoms. The number of aromatic nitrogens is 1. The molecule has 0 unspecified atom stereocenters. The quantitative estimate of drug-likeness (QED) is 0.608. The average molecular weight is 398 g/mol. The van der Waals surface area contributed by atoms with Gasteiger partial charge in [0.05, 0.1) is 31.1 Å². The Morgan fingerprint density at radius 2 is 1.75 bits per heavy atom. The summed E-state index contributed by atoms with van der Waals surface area (Å²) >= 11 is 6.08. The number of nitrogens with one attached hydrogen (secondary N) is 2. The Morgan fingerprint density at radius 1 is 1.00 bits per heavy atom. The number of pyridine rings is 1. The zero-order chi connectivity index (χ0) is 19.9. The number of halogens is 1. The largest absolute Gasteiger partial charge is 0.496 e. The van der Waals surface area contributed by atoms with E-state index in [2.05, 4.69) is 15.6 Å². The number of carbonyl (C=O) groups excluding carboxylic acids is 1. The molecule has 0 spiro atoms. The molecule has 0 saturated carbocycles. The van der Waals surface area contributed by atoms with Gasteiger partial charge in [0, 0.05) is 17.8 Å². The van der Waals surface area contributed by atoms with Crippen molar-refractivity contribution < 1.29 is 14.3 Å². The van der Waals surface area contributed by atoms with Gasteiger partial charge < -0.3 is 20.1 Å². The number of hydrogen-bond acceptors (Lipinski definition) is 5. The number of hydrogen-bond donors (Lipinski definition) is 2. The molecule has 28 heavy (non-hydrogen) atoms. The van der Waals surface area contributed by atoms with Crippen molar-refractivity contribution in [1.82, 2.24) is 4.98 Å². The normalized spacial score (nSPS) is 10.2. The highest BCUT2D eigenvalue weighted by atomic mass is 35.5. The first kappa shape index (κ1) is 19.5. The molecular weight excluding hydrogens is 378 g/mol. The van der Waals surface area contributed by atoms with Crippen LogP contribution in [0.1, 0.15) is 16.1 Å². The first-order valence-corrected chi connectivity index (χ1v) is 8.95. The second-order valence-corrected chi connectivity index (χ2v) is 6.31. The molecule has 0 fully saturated rings. The molecule has 1 heterocycles. The number of anilines is 2. The third kappa shape index (κ3) is 4.72. The molecule has 2 N–H and O–H groups in total. The van der Waals surface area contributed by atoms with Crippen molar-refractivity contribution in [2.45, 2.75) is 6.54 Å². The Balaban J connectivity index is 1.62. The lowest BCUT2D eigenvalue weighted by Gasteiger charge is -2.11. The van der Waals surface area contributed by atoms with E-state index in [1.165, 1.54) is 7.11 Å². The molecule has 0 aliphatic heterocycles. The van der Waals surface area contributed by atoms with E-state index >= 15 is 0 Å². The fraction of sp³-hybridized carbons (Fsp3) is 0.143. The van der Waals surface area contributed by atoms with E-state index in [-0.39, 0.29) is 5.91 Å². The number of carbonyl (C=O) groups is 1. The fourth-order valence-electron chi connectivity index (χ4n) is 2.62. The number of amides is 1. The van der Waals surface area contributed by atoms with Crippen molar-refractivity contribution in [3.05, 3.63) is 77.1 Å². The summed E-state index contributed by atoms with van der Waals surface area (Å²) in [4.78, 5) is 16.6. The third-order valence-electron chi connectivity index (χ3n) is 4.08. The number of ether oxygens (including phenoxy) is 2. The molecule has 0 aliphatic carbocycles. The van der Waals surface area contributed by atoms with Gasteiger partial charge in [-0.15, -0.1) is 0 Å². The maximum atomic E-state index is 12.4. The van der Waals surface area contributed by atoms with Crippen LogP contribution in [-0.4, -0.2) is 25.1 Å². The lowest BCUT2D eigenvalue weighted by molar-refractivity contribution is 0.102. The van der Waals surface area contributed by atoms with Crippen molar-refractivity contribution in [3.63, 3.8) is 0 Å². The summed E-state index contributed by atoms with van der Waals surface area (Å²) in [6.45, 7) is 0.585. The van der Waals surface area contributed by atoms with E-state index in [4.69, 9.17) is 21.1 Å². The smallest absolute Gasteiger partial charge is 0.274 e. The van der Waals surface area contributed by atoms with Crippen molar-refractivity contribution in [1.29, 1.82) is 0 Å². The zero-order valence-electron chi connectivity index (χ0n) is 15.5. The monoisotopic (exact) mass is 397 g/mol. The Bertz CT molecular complexity index is 961. The summed E-state index contributed by atoms with van der Waals surface area (Å²) in [5.74, 6) is 1.04. The second-order valence-electron chi connectivity index (χ2n) is 5.90. The van der Waals surface area contributed by atoms with Crippen molar-refractivity contribution in [3.8, 4) is 11.5 Å². The molecule has 1 aromatic heterocycles. The highest BCUT2D eigenvalue weighted by Gasteiger charge is 2.10. The molecule has 7 heteroatoms. The van der Waals surface area contributed by atoms with Gasteiger partial charge in [0.25, 0.3) is 5.91 Å². The van der Waals surface area contributed by atoms with Gasteiger partial charge in [-0.05, 0) is 36.4 Å². The molecule has 0 saturated heterocycles. The van der Waals surface area contributed by atoms with Crippen LogP contribution in [0.3, 0.4) is 0 Å². The van der Waals surface area contributed by atoms with Crippen LogP contribution in [0.2, 0.25) is 5.02 Å². The maximum absolute atomic E-state index is 12.4. The molecule has 6 nitrogen and oxygen atoms in total. The number of benzene rings is 2. The van der Waals surface area contributed by atoms with Crippen molar-refractivity contribution in [2.75, 3.05) is 24.9 Å². The topological polar surface area (TPSA) is 72.5 Å². The van der Waals surface area contributed by atoms with Gasteiger partial charge in [-0.2, -0.15) is 0 Å². The lowest BCUT2D eigenvalue weighted by atomic mass is 10.2. The first-order chi connectivity index (χ1) is 13.6. The molecule has 0 aliphatic rings. The van der Waals surface area contributed by atoms with Crippen LogP contribution < -0.4 is 20.1 Å². The number of nitrogens with zero attached hydrogens (tertiary/aromatic N) is 1. The van der Waals surface area contributed by atoms with E-state index in [0.29, 0.717) is 28.7 Å². The summed E-state index contributed by atoms with van der Waals surface area (Å²) in [5, 5.41) is 6.45. The van der Waals surface area contributed by atoms with Gasteiger partial charge in [-0.3, -0.25) is 4.79 Å². The third-order valence-corrected chi connectivity index (χ3v) is 4.38. The predicted molar refractivity (Wildman–Crippen MR) is 111 cm³/mol. The van der Waals surface area contributed by atoms with E-state index in [1.807, 2.05) is 24.3 Å². The van der Waals surface area contributed by atoms with Gasteiger partial charge in [0.15, 0.2) is 0 Å². The first-order valence-electron chi connectivity index (χ1n) is 8.57. The van der Waals surface area contributed by atoms with E-state index in [9.17, 15) is 4.79 Å². The van der Waals surface area contributed by atoms with E-state index < -0.39 is 0 Å². The van der Waals surface area contributed by atoms with Crippen LogP contribution in [0, 0.1) is 0 Å². The van der Waals surface area contributed by atoms with Crippen LogP contribution in [0.25, 0.3) is 0 Å². The van der Waals surface area contributed by atoms with Gasteiger partial charge in [0.1, 0.15) is 17.2 Å². The van der Waals surface area contributed by atoms with Gasteiger partial charge in [-0.25, -0.2) is 4.98 Å². The Morgan fingerprint density at radius 3 is 2.43 bits per heavy atom. The minimum atomic E-state index is -0.322. The van der Waals surface area contributed by atoms with E-state index in [1.54, 1.807) is 43.6 Å². The summed E-state index contributed by atoms with van der Waals surface area (Å²) in [7, 11) is 3.18. The standard InChI is InChI=1S/C21H20ClN3O3/c1-27-19-6-4-3-5-14(19)12-23-16-7-9-18(24-13-16)21(26)25-15-8-10-20(28-2)17(22)11-15/h3-11,13,23H,12H2,1-2H3,(H,25,26).